The van der Waals surface area contributed by atoms with E-state index in [4.69, 9.17) is 4.74 Å². The monoisotopic (exact) mass is 470 g/mol. The van der Waals surface area contributed by atoms with Crippen molar-refractivity contribution in [2.75, 3.05) is 30.4 Å². The molecule has 0 atom stereocenters. The maximum Gasteiger partial charge on any atom is 0.387 e. The Bertz CT molecular complexity index is 1170. The molecule has 1 heterocycles. The van der Waals surface area contributed by atoms with Crippen LogP contribution in [0.15, 0.2) is 35.2 Å². The van der Waals surface area contributed by atoms with E-state index >= 15 is 0 Å². The average Bonchev–Trinajstić information content (AvgIpc) is 3.16. The molecular weight excluding hydrogens is 450 g/mol. The molecule has 0 unspecified atom stereocenters. The molecule has 0 spiro atoms. The third-order valence-electron chi connectivity index (χ3n) is 4.81. The first-order chi connectivity index (χ1) is 15.1. The molecule has 12 heteroatoms. The average molecular weight is 470 g/mol. The Labute approximate surface area is 182 Å². The van der Waals surface area contributed by atoms with Gasteiger partial charge in [-0.2, -0.15) is 8.78 Å². The fourth-order valence-electron chi connectivity index (χ4n) is 3.35. The molecule has 9 nitrogen and oxygen atoms in total. The van der Waals surface area contributed by atoms with Gasteiger partial charge in [0.2, 0.25) is 5.91 Å². The Hall–Kier alpha value is -3.41. The van der Waals surface area contributed by atoms with Crippen LogP contribution in [-0.4, -0.2) is 47.7 Å². The van der Waals surface area contributed by atoms with Crippen molar-refractivity contribution < 1.29 is 41.0 Å². The van der Waals surface area contributed by atoms with Crippen molar-refractivity contribution in [2.24, 2.45) is 0 Å². The van der Waals surface area contributed by atoms with E-state index in [2.05, 4.69) is 14.2 Å². The predicted octanol–water partition coefficient (Wildman–Crippen LogP) is 2.79. The summed E-state index contributed by atoms with van der Waals surface area (Å²) in [6.07, 6.45) is 0.473. The summed E-state index contributed by atoms with van der Waals surface area (Å²) in [7, 11) is -1.99. The van der Waals surface area contributed by atoms with E-state index in [1.807, 2.05) is 0 Å². The maximum atomic E-state index is 13.0. The lowest BCUT2D eigenvalue weighted by atomic mass is 10.1. The summed E-state index contributed by atoms with van der Waals surface area (Å²) in [4.78, 5) is 25.3. The van der Waals surface area contributed by atoms with E-state index < -0.39 is 28.4 Å². The van der Waals surface area contributed by atoms with Crippen molar-refractivity contribution in [3.05, 3.63) is 41.5 Å². The molecule has 0 bridgehead atoms. The number of nitrogens with zero attached hydrogens (tertiary/aromatic N) is 1. The molecule has 2 aromatic rings. The van der Waals surface area contributed by atoms with E-state index in [1.165, 1.54) is 37.1 Å². The summed E-state index contributed by atoms with van der Waals surface area (Å²) in [6.45, 7) is -1.36. The summed E-state index contributed by atoms with van der Waals surface area (Å²) in [5.41, 5.74) is 0.675. The highest BCUT2D eigenvalue weighted by molar-refractivity contribution is 7.92. The van der Waals surface area contributed by atoms with Crippen molar-refractivity contribution in [3.63, 3.8) is 0 Å². The van der Waals surface area contributed by atoms with Crippen LogP contribution >= 0.6 is 0 Å². The van der Waals surface area contributed by atoms with Crippen molar-refractivity contribution in [3.8, 4) is 11.5 Å². The number of esters is 1. The van der Waals surface area contributed by atoms with Gasteiger partial charge in [0.15, 0.2) is 11.5 Å². The van der Waals surface area contributed by atoms with Crippen molar-refractivity contribution >= 4 is 33.3 Å². The zero-order valence-corrected chi connectivity index (χ0v) is 18.2. The minimum atomic E-state index is -4.25. The number of carbonyl (C=O) groups excluding carboxylic acids is 2. The minimum absolute atomic E-state index is 0.135. The number of methoxy groups -OCH3 is 2. The van der Waals surface area contributed by atoms with Crippen LogP contribution in [0.5, 0.6) is 11.5 Å². The van der Waals surface area contributed by atoms with E-state index in [-0.39, 0.29) is 27.8 Å². The van der Waals surface area contributed by atoms with Crippen molar-refractivity contribution in [1.82, 2.24) is 0 Å². The Morgan fingerprint density at radius 2 is 1.84 bits per heavy atom. The first-order valence-corrected chi connectivity index (χ1v) is 10.7. The van der Waals surface area contributed by atoms with Crippen LogP contribution in [0.1, 0.15) is 22.8 Å². The molecule has 1 amide bonds. The van der Waals surface area contributed by atoms with Crippen molar-refractivity contribution in [1.29, 1.82) is 0 Å². The van der Waals surface area contributed by atoms with Gasteiger partial charge in [0.05, 0.1) is 30.4 Å². The standard InChI is InChI=1S/C20H20F2N2O7S/c1-11(25)24-7-6-12-8-13(4-5-16(12)24)32(27,28)23-15-10-18(31-20(21)22)17(29-2)9-14(15)19(26)30-3/h4-5,8-10,20,23H,6-7H2,1-3H3. The molecule has 3 rings (SSSR count). The molecule has 0 fully saturated rings. The number of ether oxygens (including phenoxy) is 3. The predicted molar refractivity (Wildman–Crippen MR) is 110 cm³/mol. The van der Waals surface area contributed by atoms with Crippen LogP contribution in [0.25, 0.3) is 0 Å². The fraction of sp³-hybridized carbons (Fsp3) is 0.300. The molecule has 2 aromatic carbocycles. The highest BCUT2D eigenvalue weighted by Crippen LogP contribution is 2.36. The number of carbonyl (C=O) groups is 2. The highest BCUT2D eigenvalue weighted by atomic mass is 32.2. The molecule has 0 aliphatic carbocycles. The molecule has 0 saturated heterocycles. The first-order valence-electron chi connectivity index (χ1n) is 9.26. The second-order valence-electron chi connectivity index (χ2n) is 6.74. The van der Waals surface area contributed by atoms with Crippen LogP contribution < -0.4 is 19.1 Å². The van der Waals surface area contributed by atoms with E-state index in [1.54, 1.807) is 0 Å². The smallest absolute Gasteiger partial charge is 0.387 e. The van der Waals surface area contributed by atoms with Gasteiger partial charge in [-0.1, -0.05) is 0 Å². The lowest BCUT2D eigenvalue weighted by molar-refractivity contribution is -0.116. The number of fused-ring (bicyclic) bond motifs is 1. The van der Waals surface area contributed by atoms with Gasteiger partial charge in [-0.15, -0.1) is 0 Å². The van der Waals surface area contributed by atoms with E-state index in [0.29, 0.717) is 24.2 Å². The normalized spacial score (nSPS) is 13.0. The Morgan fingerprint density at radius 1 is 1.12 bits per heavy atom. The van der Waals surface area contributed by atoms with Crippen LogP contribution in [0.3, 0.4) is 0 Å². The quantitative estimate of drug-likeness (QED) is 0.620. The summed E-state index contributed by atoms with van der Waals surface area (Å²) in [6, 6.07) is 6.19. The topological polar surface area (TPSA) is 111 Å². The van der Waals surface area contributed by atoms with Gasteiger partial charge in [0.1, 0.15) is 0 Å². The molecule has 0 saturated carbocycles. The Morgan fingerprint density at radius 3 is 2.44 bits per heavy atom. The summed E-state index contributed by atoms with van der Waals surface area (Å²) in [5.74, 6) is -1.77. The molecule has 1 aliphatic heterocycles. The molecule has 1 aliphatic rings. The summed E-state index contributed by atoms with van der Waals surface area (Å²) >= 11 is 0. The van der Waals surface area contributed by atoms with Crippen LogP contribution in [0, 0.1) is 0 Å². The SMILES string of the molecule is COC(=O)c1cc(OC)c(OC(F)F)cc1NS(=O)(=O)c1ccc2c(c1)CCN2C(C)=O. The number of alkyl halides is 2. The first kappa shape index (κ1) is 23.3. The van der Waals surface area contributed by atoms with Gasteiger partial charge >= 0.3 is 12.6 Å². The molecule has 172 valence electrons. The van der Waals surface area contributed by atoms with Crippen LogP contribution in [0.2, 0.25) is 0 Å². The Balaban J connectivity index is 2.03. The van der Waals surface area contributed by atoms with Gasteiger partial charge in [-0.25, -0.2) is 13.2 Å². The Kier molecular flexibility index (Phi) is 6.53. The number of rotatable bonds is 7. The minimum Gasteiger partial charge on any atom is -0.493 e. The highest BCUT2D eigenvalue weighted by Gasteiger charge is 2.27. The molecule has 1 N–H and O–H groups in total. The second kappa shape index (κ2) is 8.99. The zero-order valence-electron chi connectivity index (χ0n) is 17.3. The summed E-state index contributed by atoms with van der Waals surface area (Å²) in [5, 5.41) is 0. The largest absolute Gasteiger partial charge is 0.493 e. The van der Waals surface area contributed by atoms with Crippen LogP contribution in [-0.2, 0) is 26.0 Å². The van der Waals surface area contributed by atoms with Gasteiger partial charge in [-0.05, 0) is 30.2 Å². The number of nitrogens with one attached hydrogen (secondary N) is 1. The van der Waals surface area contributed by atoms with E-state index in [0.717, 1.165) is 19.2 Å². The van der Waals surface area contributed by atoms with Gasteiger partial charge in [-0.3, -0.25) is 9.52 Å². The number of benzene rings is 2. The fourth-order valence-corrected chi connectivity index (χ4v) is 4.47. The molecular formula is C20H20F2N2O7S. The third kappa shape index (κ3) is 4.59. The third-order valence-corrected chi connectivity index (χ3v) is 6.17. The number of hydrogen-bond donors (Lipinski definition) is 1. The lowest BCUT2D eigenvalue weighted by Gasteiger charge is -2.17. The van der Waals surface area contributed by atoms with Gasteiger partial charge < -0.3 is 19.1 Å². The van der Waals surface area contributed by atoms with Gasteiger partial charge in [0.25, 0.3) is 10.0 Å². The maximum absolute atomic E-state index is 13.0. The molecule has 32 heavy (non-hydrogen) atoms. The number of anilines is 2. The van der Waals surface area contributed by atoms with E-state index in [9.17, 15) is 26.8 Å². The molecule has 0 aromatic heterocycles. The number of hydrogen-bond acceptors (Lipinski definition) is 7. The summed E-state index contributed by atoms with van der Waals surface area (Å²) < 4.78 is 67.8. The van der Waals surface area contributed by atoms with Crippen molar-refractivity contribution in [2.45, 2.75) is 24.9 Å². The number of halogens is 2. The zero-order chi connectivity index (χ0) is 23.6. The van der Waals surface area contributed by atoms with Crippen LogP contribution in [0.4, 0.5) is 20.2 Å². The second-order valence-corrected chi connectivity index (χ2v) is 8.42. The number of amides is 1. The van der Waals surface area contributed by atoms with Gasteiger partial charge in [0, 0.05) is 31.3 Å². The number of sulfonamides is 1. The lowest BCUT2D eigenvalue weighted by Crippen LogP contribution is -2.25. The molecule has 0 radical (unpaired) electrons.